The lowest BCUT2D eigenvalue weighted by Crippen LogP contribution is -1.96. The molecule has 39 heavy (non-hydrogen) atoms. The van der Waals surface area contributed by atoms with Gasteiger partial charge in [0.05, 0.1) is 22.1 Å². The highest BCUT2D eigenvalue weighted by Gasteiger charge is 2.26. The third-order valence-corrected chi connectivity index (χ3v) is 9.17. The smallest absolute Gasteiger partial charge is 0.0656 e. The first kappa shape index (κ1) is 21.1. The summed E-state index contributed by atoms with van der Waals surface area (Å²) < 4.78 is 7.56. The average molecular weight is 516 g/mol. The lowest BCUT2D eigenvalue weighted by molar-refractivity contribution is 1.16. The van der Waals surface area contributed by atoms with Crippen molar-refractivity contribution in [1.29, 1.82) is 0 Å². The van der Waals surface area contributed by atoms with Gasteiger partial charge < -0.3 is 9.13 Å². The fraction of sp³-hybridized carbons (Fsp3) is 0. The van der Waals surface area contributed by atoms with Crippen LogP contribution in [0.2, 0.25) is 0 Å². The zero-order valence-corrected chi connectivity index (χ0v) is 21.7. The second kappa shape index (κ2) is 7.79. The van der Waals surface area contributed by atoms with Crippen LogP contribution in [0.25, 0.3) is 75.2 Å². The van der Waals surface area contributed by atoms with E-state index in [1.165, 1.54) is 69.5 Å². The summed E-state index contributed by atoms with van der Waals surface area (Å²) in [6, 6.07) is 41.6. The van der Waals surface area contributed by atoms with Crippen LogP contribution >= 0.6 is 11.3 Å². The summed E-state index contributed by atoms with van der Waals surface area (Å²) in [6.45, 7) is 0. The van der Waals surface area contributed by atoms with E-state index in [2.05, 4.69) is 129 Å². The zero-order valence-electron chi connectivity index (χ0n) is 20.9. The molecule has 0 aliphatic rings. The van der Waals surface area contributed by atoms with Crippen molar-refractivity contribution < 1.29 is 0 Å². The number of fused-ring (bicyclic) bond motifs is 12. The predicted molar refractivity (Wildman–Crippen MR) is 166 cm³/mol. The molecule has 3 nitrogen and oxygen atoms in total. The van der Waals surface area contributed by atoms with Gasteiger partial charge in [0.15, 0.2) is 0 Å². The molecule has 0 fully saturated rings. The van der Waals surface area contributed by atoms with Gasteiger partial charge >= 0.3 is 0 Å². The molecular formula is C35H21N3S. The molecule has 182 valence electrons. The lowest BCUT2D eigenvalue weighted by Gasteiger charge is -2.11. The molecule has 0 N–H and O–H groups in total. The lowest BCUT2D eigenvalue weighted by atomic mass is 10.0. The Balaban J connectivity index is 1.70. The van der Waals surface area contributed by atoms with Gasteiger partial charge in [-0.1, -0.05) is 72.8 Å². The Bertz CT molecular complexity index is 2300. The first-order chi connectivity index (χ1) is 19.4. The molecule has 0 atom stereocenters. The van der Waals surface area contributed by atoms with E-state index in [-0.39, 0.29) is 0 Å². The van der Waals surface area contributed by atoms with Crippen molar-refractivity contribution in [2.75, 3.05) is 0 Å². The average Bonchev–Trinajstić information content (AvgIpc) is 3.66. The third kappa shape index (κ3) is 2.73. The van der Waals surface area contributed by atoms with E-state index >= 15 is 0 Å². The van der Waals surface area contributed by atoms with Crippen LogP contribution in [0.4, 0.5) is 0 Å². The second-order valence-corrected chi connectivity index (χ2v) is 11.0. The van der Waals surface area contributed by atoms with E-state index in [1.54, 1.807) is 0 Å². The van der Waals surface area contributed by atoms with Crippen LogP contribution in [-0.4, -0.2) is 14.1 Å². The Morgan fingerprint density at radius 2 is 0.974 bits per heavy atom. The summed E-state index contributed by atoms with van der Waals surface area (Å²) in [5.41, 5.74) is 7.24. The molecule has 9 rings (SSSR count). The molecule has 0 spiro atoms. The quantitative estimate of drug-likeness (QED) is 0.225. The van der Waals surface area contributed by atoms with Gasteiger partial charge in [-0.15, -0.1) is 11.3 Å². The molecule has 9 aromatic rings. The predicted octanol–water partition coefficient (Wildman–Crippen LogP) is 9.64. The maximum atomic E-state index is 4.33. The van der Waals surface area contributed by atoms with Crippen LogP contribution in [-0.2, 0) is 0 Å². The Kier molecular flexibility index (Phi) is 4.21. The minimum absolute atomic E-state index is 1.12. The van der Waals surface area contributed by atoms with Gasteiger partial charge in [-0.3, -0.25) is 4.98 Å². The summed E-state index contributed by atoms with van der Waals surface area (Å²) in [7, 11) is 0. The van der Waals surface area contributed by atoms with Crippen LogP contribution in [0, 0.1) is 0 Å². The largest absolute Gasteiger partial charge is 0.308 e. The molecule has 4 aromatic heterocycles. The summed E-state index contributed by atoms with van der Waals surface area (Å²) in [5, 5.41) is 7.78. The van der Waals surface area contributed by atoms with Gasteiger partial charge in [0.2, 0.25) is 0 Å². The van der Waals surface area contributed by atoms with E-state index < -0.39 is 0 Å². The zero-order chi connectivity index (χ0) is 25.5. The highest BCUT2D eigenvalue weighted by molar-refractivity contribution is 7.27. The number of aromatic nitrogens is 3. The number of hydrogen-bond donors (Lipinski definition) is 0. The Hall–Kier alpha value is -4.93. The van der Waals surface area contributed by atoms with Crippen molar-refractivity contribution in [3.8, 4) is 11.4 Å². The van der Waals surface area contributed by atoms with Gasteiger partial charge in [-0.2, -0.15) is 0 Å². The van der Waals surface area contributed by atoms with E-state index in [4.69, 9.17) is 0 Å². The SMILES string of the molecule is c1ccc(-n2c3ccccc3c3c4c(c5ccccc5n4-c4ccncc4)c4sc5ccccc5c4c32)cc1. The first-order valence-electron chi connectivity index (χ1n) is 13.2. The number of pyridine rings is 1. The van der Waals surface area contributed by atoms with Gasteiger partial charge in [0, 0.05) is 65.5 Å². The van der Waals surface area contributed by atoms with Gasteiger partial charge in [0.1, 0.15) is 0 Å². The first-order valence-corrected chi connectivity index (χ1v) is 14.0. The molecule has 0 saturated heterocycles. The van der Waals surface area contributed by atoms with E-state index in [0.29, 0.717) is 0 Å². The van der Waals surface area contributed by atoms with Crippen molar-refractivity contribution in [3.05, 3.63) is 128 Å². The van der Waals surface area contributed by atoms with Crippen molar-refractivity contribution >= 4 is 75.1 Å². The maximum absolute atomic E-state index is 4.33. The van der Waals surface area contributed by atoms with Crippen LogP contribution in [0.15, 0.2) is 128 Å². The van der Waals surface area contributed by atoms with Gasteiger partial charge in [0.25, 0.3) is 0 Å². The summed E-state index contributed by atoms with van der Waals surface area (Å²) in [6.07, 6.45) is 3.77. The number of rotatable bonds is 2. The Morgan fingerprint density at radius 1 is 0.462 bits per heavy atom. The number of thiophene rings is 1. The molecule has 0 saturated carbocycles. The molecule has 0 aliphatic heterocycles. The molecule has 0 bridgehead atoms. The van der Waals surface area contributed by atoms with Crippen molar-refractivity contribution in [3.63, 3.8) is 0 Å². The van der Waals surface area contributed by atoms with Crippen LogP contribution in [0.5, 0.6) is 0 Å². The highest BCUT2D eigenvalue weighted by Crippen LogP contribution is 2.50. The molecule has 4 heteroatoms. The number of nitrogens with zero attached hydrogens (tertiary/aromatic N) is 3. The summed E-state index contributed by atoms with van der Waals surface area (Å²) >= 11 is 1.90. The van der Waals surface area contributed by atoms with E-state index in [9.17, 15) is 0 Å². The summed E-state index contributed by atoms with van der Waals surface area (Å²) in [5.74, 6) is 0. The topological polar surface area (TPSA) is 22.8 Å². The molecule has 4 heterocycles. The van der Waals surface area contributed by atoms with Crippen molar-refractivity contribution in [2.45, 2.75) is 0 Å². The monoisotopic (exact) mass is 515 g/mol. The molecule has 0 aliphatic carbocycles. The minimum atomic E-state index is 1.12. The Labute approximate surface area is 227 Å². The van der Waals surface area contributed by atoms with Gasteiger partial charge in [-0.05, 0) is 42.5 Å². The standard InChI is InChI=1S/C35H21N3S/c1-2-10-22(11-3-1)37-27-15-7-4-12-24(27)30-33-31(35-32(34(30)37)26-14-6-9-17-29(26)39-35)25-13-5-8-16-28(25)38(33)23-18-20-36-21-19-23/h1-21H. The molecule has 0 unspecified atom stereocenters. The Morgan fingerprint density at radius 3 is 1.67 bits per heavy atom. The summed E-state index contributed by atoms with van der Waals surface area (Å²) in [4.78, 5) is 4.33. The fourth-order valence-electron chi connectivity index (χ4n) is 6.49. The van der Waals surface area contributed by atoms with Crippen LogP contribution in [0.3, 0.4) is 0 Å². The van der Waals surface area contributed by atoms with Gasteiger partial charge in [-0.25, -0.2) is 0 Å². The number of hydrogen-bond acceptors (Lipinski definition) is 2. The van der Waals surface area contributed by atoms with Crippen molar-refractivity contribution in [2.24, 2.45) is 0 Å². The minimum Gasteiger partial charge on any atom is -0.308 e. The highest BCUT2D eigenvalue weighted by atomic mass is 32.1. The second-order valence-electron chi connectivity index (χ2n) is 10.00. The molecule has 0 radical (unpaired) electrons. The molecular weight excluding hydrogens is 494 g/mol. The number of benzene rings is 5. The molecule has 5 aromatic carbocycles. The number of para-hydroxylation sites is 3. The van der Waals surface area contributed by atoms with E-state index in [0.717, 1.165) is 5.69 Å². The third-order valence-electron chi connectivity index (χ3n) is 7.98. The van der Waals surface area contributed by atoms with E-state index in [1.807, 2.05) is 23.7 Å². The van der Waals surface area contributed by atoms with Crippen molar-refractivity contribution in [1.82, 2.24) is 14.1 Å². The van der Waals surface area contributed by atoms with Crippen LogP contribution < -0.4 is 0 Å². The normalized spacial score (nSPS) is 12.1. The fourth-order valence-corrected chi connectivity index (χ4v) is 7.75. The molecule has 0 amide bonds. The maximum Gasteiger partial charge on any atom is 0.0656 e. The van der Waals surface area contributed by atoms with Crippen LogP contribution in [0.1, 0.15) is 0 Å².